The van der Waals surface area contributed by atoms with E-state index in [1.165, 1.54) is 6.42 Å². The van der Waals surface area contributed by atoms with Crippen LogP contribution in [0.15, 0.2) is 59.7 Å². The number of carbonyl (C=O) groups excluding carboxylic acids is 2. The van der Waals surface area contributed by atoms with Crippen LogP contribution >= 0.6 is 0 Å². The SMILES string of the molecule is CC(C)(C)OC(=O)NC(CCCN=C(N)N)C(=O)N(Cc1ccc2c(c1)OCCO2)C(CC1CCCCC1)c1ncc(-c2ccccc2)[nH]1. The van der Waals surface area contributed by atoms with Crippen molar-refractivity contribution in [1.29, 1.82) is 0 Å². The summed E-state index contributed by atoms with van der Waals surface area (Å²) >= 11 is 0. The van der Waals surface area contributed by atoms with Gasteiger partial charge >= 0.3 is 6.09 Å². The summed E-state index contributed by atoms with van der Waals surface area (Å²) in [6, 6.07) is 14.5. The lowest BCUT2D eigenvalue weighted by molar-refractivity contribution is -0.137. The van der Waals surface area contributed by atoms with Crippen LogP contribution in [0.4, 0.5) is 4.79 Å². The summed E-state index contributed by atoms with van der Waals surface area (Å²) in [5.74, 6) is 2.16. The number of ether oxygens (including phenoxy) is 3. The zero-order valence-electron chi connectivity index (χ0n) is 29.0. The third-order valence-electron chi connectivity index (χ3n) is 8.83. The van der Waals surface area contributed by atoms with Crippen LogP contribution in [0, 0.1) is 5.92 Å². The van der Waals surface area contributed by atoms with Gasteiger partial charge in [-0.25, -0.2) is 9.78 Å². The Labute approximate surface area is 289 Å². The van der Waals surface area contributed by atoms with Gasteiger partial charge in [-0.3, -0.25) is 9.79 Å². The Morgan fingerprint density at radius 2 is 1.80 bits per heavy atom. The van der Waals surface area contributed by atoms with Crippen molar-refractivity contribution in [2.45, 2.75) is 96.4 Å². The fraction of sp³-hybridized carbons (Fsp3) is 0.514. The lowest BCUT2D eigenvalue weighted by Crippen LogP contribution is -2.51. The third-order valence-corrected chi connectivity index (χ3v) is 8.83. The average molecular weight is 674 g/mol. The van der Waals surface area contributed by atoms with Crippen molar-refractivity contribution < 1.29 is 23.8 Å². The number of rotatable bonds is 13. The second-order valence-electron chi connectivity index (χ2n) is 13.9. The Morgan fingerprint density at radius 1 is 1.06 bits per heavy atom. The van der Waals surface area contributed by atoms with Crippen LogP contribution in [-0.4, -0.2) is 64.2 Å². The molecule has 2 aliphatic rings. The van der Waals surface area contributed by atoms with Crippen LogP contribution in [0.2, 0.25) is 0 Å². The number of alkyl carbamates (subject to hydrolysis) is 1. The standard InChI is InChI=1S/C37H51N7O5/c1-37(2,3)49-36(46)43-28(15-10-18-40-35(38)39)34(45)44(24-26-16-17-31-32(22-26)48-20-19-47-31)30(21-25-11-6-4-7-12-25)33-41-23-29(42-33)27-13-8-5-9-14-27/h5,8-9,13-14,16-17,22-23,25,28,30H,4,6-7,10-12,15,18-21,24H2,1-3H3,(H,41,42)(H,43,46)(H4,38,39,40). The van der Waals surface area contributed by atoms with Crippen molar-refractivity contribution in [2.24, 2.45) is 22.4 Å². The Bertz CT molecular complexity index is 1560. The summed E-state index contributed by atoms with van der Waals surface area (Å²) in [5, 5.41) is 2.88. The van der Waals surface area contributed by atoms with E-state index < -0.39 is 23.8 Å². The number of fused-ring (bicyclic) bond motifs is 1. The molecule has 5 rings (SSSR count). The third kappa shape index (κ3) is 10.4. The summed E-state index contributed by atoms with van der Waals surface area (Å²) in [5.41, 5.74) is 13.2. The van der Waals surface area contributed by atoms with Gasteiger partial charge in [0, 0.05) is 13.1 Å². The highest BCUT2D eigenvalue weighted by molar-refractivity contribution is 5.86. The van der Waals surface area contributed by atoms with Gasteiger partial charge in [-0.1, -0.05) is 68.5 Å². The second kappa shape index (κ2) is 16.6. The van der Waals surface area contributed by atoms with Gasteiger partial charge in [0.25, 0.3) is 0 Å². The fourth-order valence-corrected chi connectivity index (χ4v) is 6.53. The summed E-state index contributed by atoms with van der Waals surface area (Å²) in [4.78, 5) is 42.5. The largest absolute Gasteiger partial charge is 0.486 e. The fourth-order valence-electron chi connectivity index (χ4n) is 6.53. The molecule has 2 aromatic carbocycles. The van der Waals surface area contributed by atoms with Gasteiger partial charge in [0.2, 0.25) is 5.91 Å². The summed E-state index contributed by atoms with van der Waals surface area (Å²) in [7, 11) is 0. The number of benzene rings is 2. The minimum absolute atomic E-state index is 0.0252. The number of nitrogens with one attached hydrogen (secondary N) is 2. The highest BCUT2D eigenvalue weighted by Gasteiger charge is 2.36. The number of guanidine groups is 1. The highest BCUT2D eigenvalue weighted by Crippen LogP contribution is 2.37. The van der Waals surface area contributed by atoms with Gasteiger partial charge in [0.1, 0.15) is 30.7 Å². The number of hydrogen-bond donors (Lipinski definition) is 4. The molecule has 2 heterocycles. The van der Waals surface area contributed by atoms with E-state index in [1.54, 1.807) is 20.8 Å². The highest BCUT2D eigenvalue weighted by atomic mass is 16.6. The monoisotopic (exact) mass is 673 g/mol. The lowest BCUT2D eigenvalue weighted by atomic mass is 9.84. The van der Waals surface area contributed by atoms with Crippen LogP contribution in [-0.2, 0) is 16.1 Å². The van der Waals surface area contributed by atoms with Gasteiger partial charge < -0.3 is 40.9 Å². The van der Waals surface area contributed by atoms with Crippen LogP contribution in [0.1, 0.15) is 89.6 Å². The first-order chi connectivity index (χ1) is 23.6. The normalized spacial score (nSPS) is 15.9. The molecule has 1 aromatic heterocycles. The maximum absolute atomic E-state index is 15.0. The van der Waals surface area contributed by atoms with Gasteiger partial charge in [0.05, 0.1) is 17.9 Å². The number of H-pyrrole nitrogens is 1. The molecule has 49 heavy (non-hydrogen) atoms. The molecule has 2 unspecified atom stereocenters. The summed E-state index contributed by atoms with van der Waals surface area (Å²) < 4.78 is 17.3. The Morgan fingerprint density at radius 3 is 2.51 bits per heavy atom. The van der Waals surface area contributed by atoms with Crippen molar-refractivity contribution in [3.05, 3.63) is 66.1 Å². The van der Waals surface area contributed by atoms with E-state index in [0.717, 1.165) is 48.9 Å². The van der Waals surface area contributed by atoms with Crippen molar-refractivity contribution >= 4 is 18.0 Å². The Balaban J connectivity index is 1.54. The molecule has 0 radical (unpaired) electrons. The van der Waals surface area contributed by atoms with E-state index in [2.05, 4.69) is 15.3 Å². The quantitative estimate of drug-likeness (QED) is 0.0997. The van der Waals surface area contributed by atoms with Crippen LogP contribution < -0.4 is 26.3 Å². The molecule has 0 bridgehead atoms. The van der Waals surface area contributed by atoms with Crippen molar-refractivity contribution in [1.82, 2.24) is 20.2 Å². The average Bonchev–Trinajstić information content (AvgIpc) is 3.57. The molecule has 6 N–H and O–H groups in total. The molecule has 1 aliphatic carbocycles. The van der Waals surface area contributed by atoms with Gasteiger partial charge in [-0.05, 0) is 69.2 Å². The van der Waals surface area contributed by atoms with E-state index in [4.69, 9.17) is 30.7 Å². The molecule has 1 fully saturated rings. The molecule has 2 atom stereocenters. The van der Waals surface area contributed by atoms with E-state index >= 15 is 0 Å². The van der Waals surface area contributed by atoms with Crippen molar-refractivity contribution in [2.75, 3.05) is 19.8 Å². The number of amides is 2. The number of aliphatic imine (C=N–C) groups is 1. The number of nitrogens with two attached hydrogens (primary N) is 2. The smallest absolute Gasteiger partial charge is 0.408 e. The molecular weight excluding hydrogens is 622 g/mol. The molecule has 1 saturated carbocycles. The predicted octanol–water partition coefficient (Wildman–Crippen LogP) is 5.84. The van der Waals surface area contributed by atoms with Crippen molar-refractivity contribution in [3.8, 4) is 22.8 Å². The maximum Gasteiger partial charge on any atom is 0.408 e. The number of carbonyl (C=O) groups is 2. The first-order valence-corrected chi connectivity index (χ1v) is 17.4. The van der Waals surface area contributed by atoms with E-state index in [9.17, 15) is 9.59 Å². The molecule has 264 valence electrons. The van der Waals surface area contributed by atoms with Crippen LogP contribution in [0.5, 0.6) is 11.5 Å². The van der Waals surface area contributed by atoms with Crippen LogP contribution in [0.3, 0.4) is 0 Å². The molecule has 12 nitrogen and oxygen atoms in total. The topological polar surface area (TPSA) is 170 Å². The van der Waals surface area contributed by atoms with Crippen LogP contribution in [0.25, 0.3) is 11.3 Å². The van der Waals surface area contributed by atoms with E-state index in [0.29, 0.717) is 55.8 Å². The lowest BCUT2D eigenvalue weighted by Gasteiger charge is -2.37. The van der Waals surface area contributed by atoms with E-state index in [1.807, 2.05) is 59.6 Å². The molecule has 2 amide bonds. The maximum atomic E-state index is 15.0. The zero-order chi connectivity index (χ0) is 34.8. The van der Waals surface area contributed by atoms with Gasteiger partial charge in [-0.15, -0.1) is 0 Å². The molecule has 3 aromatic rings. The van der Waals surface area contributed by atoms with Gasteiger partial charge in [0.15, 0.2) is 17.5 Å². The Kier molecular flexibility index (Phi) is 12.0. The summed E-state index contributed by atoms with van der Waals surface area (Å²) in [6.07, 6.45) is 8.38. The second-order valence-corrected chi connectivity index (χ2v) is 13.9. The van der Waals surface area contributed by atoms with Crippen molar-refractivity contribution in [3.63, 3.8) is 0 Å². The Hall–Kier alpha value is -4.74. The number of hydrogen-bond acceptors (Lipinski definition) is 7. The number of aromatic nitrogens is 2. The molecule has 1 aliphatic heterocycles. The first-order valence-electron chi connectivity index (χ1n) is 17.4. The predicted molar refractivity (Wildman–Crippen MR) is 189 cm³/mol. The number of imidazole rings is 1. The van der Waals surface area contributed by atoms with Gasteiger partial charge in [-0.2, -0.15) is 0 Å². The number of aromatic amines is 1. The first kappa shape index (κ1) is 35.6. The molecule has 0 spiro atoms. The molecule has 12 heteroatoms. The molecular formula is C37H51N7O5. The van der Waals surface area contributed by atoms with E-state index in [-0.39, 0.29) is 18.4 Å². The minimum Gasteiger partial charge on any atom is -0.486 e. The molecule has 0 saturated heterocycles. The minimum atomic E-state index is -0.904. The summed E-state index contributed by atoms with van der Waals surface area (Å²) in [6.45, 7) is 6.88. The number of nitrogens with zero attached hydrogens (tertiary/aromatic N) is 3. The zero-order valence-corrected chi connectivity index (χ0v) is 29.0.